The minimum Gasteiger partial charge on any atom is -0.415 e. The van der Waals surface area contributed by atoms with Crippen LogP contribution in [0.2, 0.25) is 23.3 Å². The summed E-state index contributed by atoms with van der Waals surface area (Å²) in [6, 6.07) is 6.10. The molecule has 1 aliphatic heterocycles. The van der Waals surface area contributed by atoms with Crippen molar-refractivity contribution in [2.24, 2.45) is 14.1 Å². The predicted molar refractivity (Wildman–Crippen MR) is 154 cm³/mol. The van der Waals surface area contributed by atoms with Crippen molar-refractivity contribution in [3.05, 3.63) is 72.2 Å². The Balaban J connectivity index is 1.84. The van der Waals surface area contributed by atoms with Gasteiger partial charge in [-0.05, 0) is 36.7 Å². The molecule has 5 rings (SSSR count). The van der Waals surface area contributed by atoms with Gasteiger partial charge in [-0.1, -0.05) is 44.5 Å². The minimum absolute atomic E-state index is 0.0172. The molecule has 202 valence electrons. The van der Waals surface area contributed by atoms with E-state index in [0.29, 0.717) is 40.3 Å². The second kappa shape index (κ2) is 9.29. The number of nitrogens with zero attached hydrogens (tertiary/aromatic N) is 4. The lowest BCUT2D eigenvalue weighted by molar-refractivity contribution is 0.233. The standard InChI is InChI=1S/C27H32ClFN4O3SSi/c1-27(2,3)38(6,7)36-13-17-12-18(24-30-19(28)14-37-24)22-23-20(25(34)32(5)26(35)31(23)4)21(33(17)22)15-9-8-10-16(29)11-15/h8-11,14,17-18H,12-13H2,1-7H3. The SMILES string of the molecule is Cn1c(=O)c2c(-c3cccc(F)c3)n3c(c2n(C)c1=O)C(c1nc(Cl)cs1)CC3CO[Si](C)(C)C(C)(C)C. The molecule has 4 heterocycles. The number of halogens is 2. The summed E-state index contributed by atoms with van der Waals surface area (Å²) < 4.78 is 25.9. The van der Waals surface area contributed by atoms with Gasteiger partial charge >= 0.3 is 5.69 Å². The van der Waals surface area contributed by atoms with Crippen molar-refractivity contribution in [3.8, 4) is 11.3 Å². The number of benzene rings is 1. The molecule has 0 bridgehead atoms. The quantitative estimate of drug-likeness (QED) is 0.272. The van der Waals surface area contributed by atoms with E-state index in [0.717, 1.165) is 15.3 Å². The van der Waals surface area contributed by atoms with Crippen molar-refractivity contribution in [2.75, 3.05) is 6.61 Å². The van der Waals surface area contributed by atoms with Crippen LogP contribution in [0.3, 0.4) is 0 Å². The third-order valence-corrected chi connectivity index (χ3v) is 14.0. The minimum atomic E-state index is -2.10. The maximum Gasteiger partial charge on any atom is 0.331 e. The van der Waals surface area contributed by atoms with Gasteiger partial charge in [-0.3, -0.25) is 13.9 Å². The lowest BCUT2D eigenvalue weighted by Crippen LogP contribution is -2.42. The highest BCUT2D eigenvalue weighted by atomic mass is 35.5. The van der Waals surface area contributed by atoms with E-state index >= 15 is 0 Å². The third-order valence-electron chi connectivity index (χ3n) is 8.18. The van der Waals surface area contributed by atoms with Crippen LogP contribution in [0.15, 0.2) is 39.2 Å². The van der Waals surface area contributed by atoms with Crippen molar-refractivity contribution >= 4 is 42.2 Å². The Morgan fingerprint density at radius 1 is 1.21 bits per heavy atom. The van der Waals surface area contributed by atoms with Crippen molar-refractivity contribution < 1.29 is 8.82 Å². The summed E-state index contributed by atoms with van der Waals surface area (Å²) in [5.74, 6) is -0.605. The largest absolute Gasteiger partial charge is 0.415 e. The zero-order chi connectivity index (χ0) is 27.7. The Morgan fingerprint density at radius 3 is 2.53 bits per heavy atom. The van der Waals surface area contributed by atoms with Gasteiger partial charge in [0, 0.05) is 25.0 Å². The van der Waals surface area contributed by atoms with Crippen LogP contribution < -0.4 is 11.2 Å². The highest BCUT2D eigenvalue weighted by Gasteiger charge is 2.43. The molecule has 2 atom stereocenters. The predicted octanol–water partition coefficient (Wildman–Crippen LogP) is 6.05. The fourth-order valence-corrected chi connectivity index (χ4v) is 7.25. The Hall–Kier alpha value is -2.53. The monoisotopic (exact) mass is 574 g/mol. The first-order valence-electron chi connectivity index (χ1n) is 12.6. The first-order chi connectivity index (χ1) is 17.7. The Morgan fingerprint density at radius 2 is 1.92 bits per heavy atom. The molecule has 0 saturated carbocycles. The maximum atomic E-state index is 14.5. The number of rotatable bonds is 5. The Labute approximate surface area is 230 Å². The molecule has 0 aliphatic carbocycles. The highest BCUT2D eigenvalue weighted by molar-refractivity contribution is 7.10. The van der Waals surface area contributed by atoms with E-state index in [9.17, 15) is 14.0 Å². The van der Waals surface area contributed by atoms with Crippen LogP contribution in [0.4, 0.5) is 4.39 Å². The molecule has 11 heteroatoms. The fraction of sp³-hybridized carbons (Fsp3) is 0.444. The zero-order valence-corrected chi connectivity index (χ0v) is 25.2. The van der Waals surface area contributed by atoms with Crippen molar-refractivity contribution in [1.29, 1.82) is 0 Å². The molecule has 2 unspecified atom stereocenters. The zero-order valence-electron chi connectivity index (χ0n) is 22.6. The molecule has 0 amide bonds. The number of thiazole rings is 1. The van der Waals surface area contributed by atoms with Crippen LogP contribution >= 0.6 is 22.9 Å². The summed E-state index contributed by atoms with van der Waals surface area (Å²) in [5, 5.41) is 3.41. The normalized spacial score (nSPS) is 17.9. The van der Waals surface area contributed by atoms with Gasteiger partial charge in [0.2, 0.25) is 0 Å². The summed E-state index contributed by atoms with van der Waals surface area (Å²) >= 11 is 7.69. The van der Waals surface area contributed by atoms with E-state index < -0.39 is 25.4 Å². The first kappa shape index (κ1) is 27.0. The number of aryl methyl sites for hydroxylation is 1. The molecular weight excluding hydrogens is 543 g/mol. The summed E-state index contributed by atoms with van der Waals surface area (Å²) in [4.78, 5) is 31.4. The first-order valence-corrected chi connectivity index (χ1v) is 16.7. The molecule has 38 heavy (non-hydrogen) atoms. The van der Waals surface area contributed by atoms with Gasteiger partial charge in [0.05, 0.1) is 40.9 Å². The van der Waals surface area contributed by atoms with Gasteiger partial charge < -0.3 is 8.99 Å². The molecule has 7 nitrogen and oxygen atoms in total. The molecular formula is C27H32ClFN4O3SSi. The highest BCUT2D eigenvalue weighted by Crippen LogP contribution is 2.50. The Bertz CT molecular complexity index is 1680. The summed E-state index contributed by atoms with van der Waals surface area (Å²) in [7, 11) is 1.04. The molecule has 0 N–H and O–H groups in total. The van der Waals surface area contributed by atoms with Crippen LogP contribution in [-0.2, 0) is 18.5 Å². The van der Waals surface area contributed by atoms with Crippen LogP contribution in [0.25, 0.3) is 22.2 Å². The number of hydrogen-bond donors (Lipinski definition) is 0. The van der Waals surface area contributed by atoms with Crippen LogP contribution in [-0.4, -0.2) is 33.6 Å². The van der Waals surface area contributed by atoms with Crippen LogP contribution in [0, 0.1) is 5.82 Å². The Kier molecular flexibility index (Phi) is 6.61. The molecule has 0 spiro atoms. The van der Waals surface area contributed by atoms with Gasteiger partial charge in [0.25, 0.3) is 5.56 Å². The van der Waals surface area contributed by atoms with E-state index in [4.69, 9.17) is 16.0 Å². The second-order valence-electron chi connectivity index (χ2n) is 11.6. The topological polar surface area (TPSA) is 71.0 Å². The molecule has 0 fully saturated rings. The molecule has 1 aliphatic rings. The summed E-state index contributed by atoms with van der Waals surface area (Å²) in [6.07, 6.45) is 0.662. The van der Waals surface area contributed by atoms with Gasteiger partial charge in [-0.15, -0.1) is 11.3 Å². The third kappa shape index (κ3) is 4.22. The van der Waals surface area contributed by atoms with Gasteiger partial charge in [0.15, 0.2) is 8.32 Å². The number of hydrogen-bond acceptors (Lipinski definition) is 5. The van der Waals surface area contributed by atoms with E-state index in [-0.39, 0.29) is 17.0 Å². The number of fused-ring (bicyclic) bond motifs is 3. The van der Waals surface area contributed by atoms with Crippen molar-refractivity contribution in [2.45, 2.75) is 57.3 Å². The van der Waals surface area contributed by atoms with Crippen molar-refractivity contribution in [3.63, 3.8) is 0 Å². The molecule has 1 aromatic carbocycles. The fourth-order valence-electron chi connectivity index (χ4n) is 5.14. The van der Waals surface area contributed by atoms with Gasteiger partial charge in [0.1, 0.15) is 16.0 Å². The van der Waals surface area contributed by atoms with E-state index in [1.165, 1.54) is 35.1 Å². The number of aromatic nitrogens is 4. The lowest BCUT2D eigenvalue weighted by Gasteiger charge is -2.37. The molecule has 0 saturated heterocycles. The van der Waals surface area contributed by atoms with E-state index in [1.807, 2.05) is 0 Å². The second-order valence-corrected chi connectivity index (χ2v) is 17.7. The molecule has 3 aromatic heterocycles. The van der Waals surface area contributed by atoms with Crippen LogP contribution in [0.5, 0.6) is 0 Å². The maximum absolute atomic E-state index is 14.5. The van der Waals surface area contributed by atoms with Crippen molar-refractivity contribution in [1.82, 2.24) is 18.7 Å². The average Bonchev–Trinajstić information content (AvgIpc) is 3.52. The smallest absolute Gasteiger partial charge is 0.331 e. The van der Waals surface area contributed by atoms with Crippen LogP contribution in [0.1, 0.15) is 49.9 Å². The molecule has 0 radical (unpaired) electrons. The lowest BCUT2D eigenvalue weighted by atomic mass is 10.00. The van der Waals surface area contributed by atoms with E-state index in [1.54, 1.807) is 24.6 Å². The van der Waals surface area contributed by atoms with Gasteiger partial charge in [-0.2, -0.15) is 0 Å². The molecule has 4 aromatic rings. The summed E-state index contributed by atoms with van der Waals surface area (Å²) in [6.45, 7) is 11.4. The van der Waals surface area contributed by atoms with E-state index in [2.05, 4.69) is 43.4 Å². The van der Waals surface area contributed by atoms with Gasteiger partial charge in [-0.25, -0.2) is 14.2 Å². The summed E-state index contributed by atoms with van der Waals surface area (Å²) in [5.41, 5.74) is 1.70. The average molecular weight is 575 g/mol.